The Bertz CT molecular complexity index is 709. The molecular weight excluding hydrogens is 320 g/mol. The normalized spacial score (nSPS) is 16.7. The third-order valence-electron chi connectivity index (χ3n) is 4.16. The van der Waals surface area contributed by atoms with Crippen LogP contribution in [0.1, 0.15) is 49.3 Å². The lowest BCUT2D eigenvalue weighted by atomic mass is 9.97. The van der Waals surface area contributed by atoms with Crippen LogP contribution in [-0.4, -0.2) is 62.0 Å². The smallest absolute Gasteiger partial charge is 0.257 e. The van der Waals surface area contributed by atoms with E-state index in [1.54, 1.807) is 12.4 Å². The van der Waals surface area contributed by atoms with E-state index in [0.717, 1.165) is 26.1 Å². The molecule has 134 valence electrons. The first-order valence-electron chi connectivity index (χ1n) is 8.53. The summed E-state index contributed by atoms with van der Waals surface area (Å²) in [5.41, 5.74) is 0.384. The van der Waals surface area contributed by atoms with E-state index in [1.165, 1.54) is 6.33 Å². The molecule has 1 amide bonds. The van der Waals surface area contributed by atoms with Gasteiger partial charge in [0.1, 0.15) is 6.33 Å². The van der Waals surface area contributed by atoms with Crippen molar-refractivity contribution in [2.24, 2.45) is 0 Å². The Morgan fingerprint density at radius 3 is 2.60 bits per heavy atom. The molecule has 1 saturated heterocycles. The second-order valence-electron chi connectivity index (χ2n) is 7.31. The molecule has 1 aliphatic heterocycles. The first-order chi connectivity index (χ1) is 11.9. The highest BCUT2D eigenvalue weighted by molar-refractivity contribution is 5.93. The van der Waals surface area contributed by atoms with E-state index in [0.29, 0.717) is 30.4 Å². The molecule has 8 heteroatoms. The SMILES string of the molecule is CC(C)(C)c1nc(CN2CCCN(C(=O)c3cncnc3)CC2)no1. The molecule has 0 unspecified atom stereocenters. The van der Waals surface area contributed by atoms with Crippen molar-refractivity contribution < 1.29 is 9.32 Å². The number of aromatic nitrogens is 4. The fourth-order valence-electron chi connectivity index (χ4n) is 2.75. The molecule has 0 aromatic carbocycles. The molecule has 1 fully saturated rings. The molecule has 1 aliphatic rings. The van der Waals surface area contributed by atoms with Gasteiger partial charge in [-0.2, -0.15) is 4.98 Å². The van der Waals surface area contributed by atoms with E-state index in [-0.39, 0.29) is 11.3 Å². The van der Waals surface area contributed by atoms with Gasteiger partial charge >= 0.3 is 0 Å². The molecule has 0 atom stereocenters. The van der Waals surface area contributed by atoms with Crippen LogP contribution in [0.3, 0.4) is 0 Å². The van der Waals surface area contributed by atoms with Gasteiger partial charge in [0.05, 0.1) is 12.1 Å². The molecule has 25 heavy (non-hydrogen) atoms. The zero-order chi connectivity index (χ0) is 17.9. The van der Waals surface area contributed by atoms with Crippen LogP contribution in [0.5, 0.6) is 0 Å². The molecule has 3 rings (SSSR count). The van der Waals surface area contributed by atoms with Crippen LogP contribution < -0.4 is 0 Å². The summed E-state index contributed by atoms with van der Waals surface area (Å²) in [5, 5.41) is 4.08. The van der Waals surface area contributed by atoms with E-state index in [9.17, 15) is 4.79 Å². The number of carbonyl (C=O) groups excluding carboxylic acids is 1. The highest BCUT2D eigenvalue weighted by Crippen LogP contribution is 2.20. The molecule has 3 heterocycles. The molecule has 0 spiro atoms. The first-order valence-corrected chi connectivity index (χ1v) is 8.53. The lowest BCUT2D eigenvalue weighted by Gasteiger charge is -2.21. The molecular formula is C17H24N6O2. The first kappa shape index (κ1) is 17.5. The Balaban J connectivity index is 1.58. The highest BCUT2D eigenvalue weighted by atomic mass is 16.5. The summed E-state index contributed by atoms with van der Waals surface area (Å²) in [5.74, 6) is 1.33. The molecule has 0 radical (unpaired) electrons. The van der Waals surface area contributed by atoms with Crippen molar-refractivity contribution in [2.45, 2.75) is 39.2 Å². The van der Waals surface area contributed by atoms with Crippen molar-refractivity contribution in [3.8, 4) is 0 Å². The number of nitrogens with zero attached hydrogens (tertiary/aromatic N) is 6. The summed E-state index contributed by atoms with van der Waals surface area (Å²) in [7, 11) is 0. The fourth-order valence-corrected chi connectivity index (χ4v) is 2.75. The Morgan fingerprint density at radius 1 is 1.16 bits per heavy atom. The summed E-state index contributed by atoms with van der Waals surface area (Å²) < 4.78 is 5.35. The van der Waals surface area contributed by atoms with Crippen LogP contribution in [0.15, 0.2) is 23.2 Å². The number of amides is 1. The number of rotatable bonds is 3. The number of carbonyl (C=O) groups is 1. The van der Waals surface area contributed by atoms with E-state index < -0.39 is 0 Å². The maximum Gasteiger partial charge on any atom is 0.257 e. The van der Waals surface area contributed by atoms with Crippen LogP contribution in [-0.2, 0) is 12.0 Å². The van der Waals surface area contributed by atoms with Gasteiger partial charge in [0.25, 0.3) is 5.91 Å². The maximum atomic E-state index is 12.5. The Hall–Kier alpha value is -2.35. The third-order valence-corrected chi connectivity index (χ3v) is 4.16. The third kappa shape index (κ3) is 4.39. The molecule has 0 N–H and O–H groups in total. The van der Waals surface area contributed by atoms with Crippen molar-refractivity contribution in [2.75, 3.05) is 26.2 Å². The largest absolute Gasteiger partial charge is 0.339 e. The minimum Gasteiger partial charge on any atom is -0.339 e. The minimum atomic E-state index is -0.148. The van der Waals surface area contributed by atoms with Gasteiger partial charge in [-0.05, 0) is 6.42 Å². The highest BCUT2D eigenvalue weighted by Gasteiger charge is 2.24. The van der Waals surface area contributed by atoms with E-state index >= 15 is 0 Å². The standard InChI is InChI=1S/C17H24N6O2/c1-17(2,3)16-20-14(21-25-16)11-22-5-4-6-23(8-7-22)15(24)13-9-18-12-19-10-13/h9-10,12H,4-8,11H2,1-3H3. The van der Waals surface area contributed by atoms with Gasteiger partial charge < -0.3 is 9.42 Å². The van der Waals surface area contributed by atoms with Gasteiger partial charge in [0.15, 0.2) is 5.82 Å². The maximum absolute atomic E-state index is 12.5. The predicted molar refractivity (Wildman–Crippen MR) is 90.8 cm³/mol. The Labute approximate surface area is 147 Å². The van der Waals surface area contributed by atoms with Crippen LogP contribution >= 0.6 is 0 Å². The van der Waals surface area contributed by atoms with E-state index in [4.69, 9.17) is 4.52 Å². The molecule has 2 aromatic heterocycles. The summed E-state index contributed by atoms with van der Waals surface area (Å²) >= 11 is 0. The van der Waals surface area contributed by atoms with Gasteiger partial charge in [-0.3, -0.25) is 9.69 Å². The Morgan fingerprint density at radius 2 is 1.92 bits per heavy atom. The van der Waals surface area contributed by atoms with Gasteiger partial charge in [-0.25, -0.2) is 9.97 Å². The summed E-state index contributed by atoms with van der Waals surface area (Å²) in [4.78, 5) is 29.0. The van der Waals surface area contributed by atoms with Crippen molar-refractivity contribution >= 4 is 5.91 Å². The number of hydrogen-bond donors (Lipinski definition) is 0. The summed E-state index contributed by atoms with van der Waals surface area (Å²) in [6.45, 7) is 9.85. The van der Waals surface area contributed by atoms with Crippen LogP contribution in [0, 0.1) is 0 Å². The lowest BCUT2D eigenvalue weighted by Crippen LogP contribution is -2.35. The van der Waals surface area contributed by atoms with Crippen molar-refractivity contribution in [1.29, 1.82) is 0 Å². The summed E-state index contributed by atoms with van der Waals surface area (Å²) in [6.07, 6.45) is 5.46. The monoisotopic (exact) mass is 344 g/mol. The molecule has 0 bridgehead atoms. The second-order valence-corrected chi connectivity index (χ2v) is 7.31. The molecule has 2 aromatic rings. The van der Waals surface area contributed by atoms with Gasteiger partial charge in [0.2, 0.25) is 5.89 Å². The predicted octanol–water partition coefficient (Wildman–Crippen LogP) is 1.51. The van der Waals surface area contributed by atoms with E-state index in [1.807, 2.05) is 25.7 Å². The van der Waals surface area contributed by atoms with Gasteiger partial charge in [-0.1, -0.05) is 25.9 Å². The van der Waals surface area contributed by atoms with Crippen LogP contribution in [0.2, 0.25) is 0 Å². The van der Waals surface area contributed by atoms with Crippen LogP contribution in [0.25, 0.3) is 0 Å². The fraction of sp³-hybridized carbons (Fsp3) is 0.588. The summed E-state index contributed by atoms with van der Waals surface area (Å²) in [6, 6.07) is 0. The van der Waals surface area contributed by atoms with Crippen LogP contribution in [0.4, 0.5) is 0 Å². The zero-order valence-corrected chi connectivity index (χ0v) is 15.0. The Kier molecular flexibility index (Phi) is 5.08. The van der Waals surface area contributed by atoms with Gasteiger partial charge in [-0.15, -0.1) is 0 Å². The van der Waals surface area contributed by atoms with Crippen molar-refractivity contribution in [3.05, 3.63) is 36.0 Å². The van der Waals surface area contributed by atoms with Crippen molar-refractivity contribution in [1.82, 2.24) is 29.9 Å². The van der Waals surface area contributed by atoms with Crippen molar-refractivity contribution in [3.63, 3.8) is 0 Å². The quantitative estimate of drug-likeness (QED) is 0.834. The zero-order valence-electron chi connectivity index (χ0n) is 15.0. The minimum absolute atomic E-state index is 0.0166. The average Bonchev–Trinajstić information content (AvgIpc) is 2.94. The molecule has 0 aliphatic carbocycles. The molecule has 8 nitrogen and oxygen atoms in total. The molecule has 0 saturated carbocycles. The van der Waals surface area contributed by atoms with E-state index in [2.05, 4.69) is 25.0 Å². The lowest BCUT2D eigenvalue weighted by molar-refractivity contribution is 0.0760. The topological polar surface area (TPSA) is 88.3 Å². The average molecular weight is 344 g/mol. The second kappa shape index (κ2) is 7.26. The van der Waals surface area contributed by atoms with Gasteiger partial charge in [0, 0.05) is 44.0 Å². The number of hydrogen-bond acceptors (Lipinski definition) is 7.